The Morgan fingerprint density at radius 1 is 1.10 bits per heavy atom. The minimum atomic E-state index is -0.208. The van der Waals surface area contributed by atoms with Gasteiger partial charge in [-0.1, -0.05) is 29.8 Å². The van der Waals surface area contributed by atoms with E-state index in [1.165, 1.54) is 0 Å². The molecule has 0 saturated carbocycles. The van der Waals surface area contributed by atoms with Crippen LogP contribution in [0.3, 0.4) is 0 Å². The lowest BCUT2D eigenvalue weighted by Crippen LogP contribution is -2.12. The quantitative estimate of drug-likeness (QED) is 0.748. The number of nitrogens with two attached hydrogens (primary N) is 1. The molecule has 1 atom stereocenters. The molecule has 0 aromatic heterocycles. The molecule has 2 aromatic carbocycles. The molecule has 0 radical (unpaired) electrons. The van der Waals surface area contributed by atoms with Crippen molar-refractivity contribution in [2.24, 2.45) is 5.73 Å². The van der Waals surface area contributed by atoms with Crippen LogP contribution in [-0.4, -0.2) is 6.10 Å². The molecule has 1 unspecified atom stereocenters. The van der Waals surface area contributed by atoms with Crippen molar-refractivity contribution >= 4 is 34.2 Å². The van der Waals surface area contributed by atoms with Crippen molar-refractivity contribution < 1.29 is 4.74 Å². The molecule has 20 heavy (non-hydrogen) atoms. The first-order valence-corrected chi connectivity index (χ1v) is 7.90. The monoisotopic (exact) mass is 401 g/mol. The van der Waals surface area contributed by atoms with Gasteiger partial charge in [0.15, 0.2) is 0 Å². The number of benzene rings is 2. The summed E-state index contributed by atoms with van der Waals surface area (Å²) in [6, 6.07) is 13.6. The van der Waals surface area contributed by atoms with Gasteiger partial charge in [0.2, 0.25) is 0 Å². The third kappa shape index (κ3) is 3.87. The van der Waals surface area contributed by atoms with E-state index < -0.39 is 0 Å². The van der Waals surface area contributed by atoms with Crippen molar-refractivity contribution in [1.82, 2.24) is 0 Å². The van der Waals surface area contributed by atoms with Gasteiger partial charge in [-0.2, -0.15) is 0 Å². The second-order valence-corrected chi connectivity index (χ2v) is 6.46. The van der Waals surface area contributed by atoms with Crippen LogP contribution in [0.1, 0.15) is 31.0 Å². The molecule has 0 aliphatic heterocycles. The van der Waals surface area contributed by atoms with Gasteiger partial charge in [-0.05, 0) is 71.8 Å². The van der Waals surface area contributed by atoms with Crippen LogP contribution in [0, 0.1) is 3.57 Å². The smallest absolute Gasteiger partial charge is 0.120 e. The second-order valence-electron chi connectivity index (χ2n) is 4.89. The molecule has 0 fully saturated rings. The van der Waals surface area contributed by atoms with Gasteiger partial charge < -0.3 is 10.5 Å². The molecule has 106 valence electrons. The number of halogens is 2. The lowest BCUT2D eigenvalue weighted by molar-refractivity contribution is 0.242. The third-order valence-corrected chi connectivity index (χ3v) is 4.46. The van der Waals surface area contributed by atoms with E-state index in [0.717, 1.165) is 25.5 Å². The first kappa shape index (κ1) is 15.6. The molecule has 0 aliphatic carbocycles. The molecule has 2 aromatic rings. The molecule has 0 amide bonds. The standard InChI is InChI=1S/C16H17ClINO/c1-10(2)20-13-5-3-4-11(8-13)16(19)12-6-7-15(18)14(17)9-12/h3-10,16H,19H2,1-2H3. The summed E-state index contributed by atoms with van der Waals surface area (Å²) in [5, 5.41) is 0.730. The molecule has 0 saturated heterocycles. The second kappa shape index (κ2) is 6.78. The van der Waals surface area contributed by atoms with Gasteiger partial charge in [-0.25, -0.2) is 0 Å². The van der Waals surface area contributed by atoms with Gasteiger partial charge >= 0.3 is 0 Å². The van der Waals surface area contributed by atoms with Gasteiger partial charge in [0.25, 0.3) is 0 Å². The topological polar surface area (TPSA) is 35.2 Å². The minimum absolute atomic E-state index is 0.147. The first-order chi connectivity index (χ1) is 9.47. The van der Waals surface area contributed by atoms with E-state index >= 15 is 0 Å². The summed E-state index contributed by atoms with van der Waals surface area (Å²) >= 11 is 8.36. The number of rotatable bonds is 4. The predicted octanol–water partition coefficient (Wildman–Crippen LogP) is 4.78. The summed E-state index contributed by atoms with van der Waals surface area (Å²) in [5.41, 5.74) is 8.33. The maximum absolute atomic E-state index is 6.32. The van der Waals surface area contributed by atoms with E-state index in [9.17, 15) is 0 Å². The number of hydrogen-bond donors (Lipinski definition) is 1. The Bertz CT molecular complexity index is 601. The van der Waals surface area contributed by atoms with E-state index in [4.69, 9.17) is 22.1 Å². The van der Waals surface area contributed by atoms with Crippen molar-refractivity contribution in [3.05, 3.63) is 62.2 Å². The molecule has 0 spiro atoms. The lowest BCUT2D eigenvalue weighted by atomic mass is 9.99. The molecule has 2 nitrogen and oxygen atoms in total. The van der Waals surface area contributed by atoms with Crippen molar-refractivity contribution in [3.63, 3.8) is 0 Å². The molecular weight excluding hydrogens is 385 g/mol. The molecule has 4 heteroatoms. The Balaban J connectivity index is 2.28. The summed E-state index contributed by atoms with van der Waals surface area (Å²) in [7, 11) is 0. The summed E-state index contributed by atoms with van der Waals surface area (Å²) in [4.78, 5) is 0. The Morgan fingerprint density at radius 3 is 2.45 bits per heavy atom. The van der Waals surface area contributed by atoms with Crippen LogP contribution in [0.25, 0.3) is 0 Å². The zero-order valence-electron chi connectivity index (χ0n) is 11.4. The van der Waals surface area contributed by atoms with Crippen LogP contribution in [0.5, 0.6) is 5.75 Å². The molecule has 2 N–H and O–H groups in total. The van der Waals surface area contributed by atoms with Gasteiger partial charge in [0.05, 0.1) is 17.2 Å². The fourth-order valence-corrected chi connectivity index (χ4v) is 2.48. The average Bonchev–Trinajstić information content (AvgIpc) is 2.40. The number of ether oxygens (including phenoxy) is 1. The zero-order valence-corrected chi connectivity index (χ0v) is 14.4. The SMILES string of the molecule is CC(C)Oc1cccc(C(N)c2ccc(I)c(Cl)c2)c1. The van der Waals surface area contributed by atoms with Crippen LogP contribution >= 0.6 is 34.2 Å². The average molecular weight is 402 g/mol. The lowest BCUT2D eigenvalue weighted by Gasteiger charge is -2.16. The highest BCUT2D eigenvalue weighted by molar-refractivity contribution is 14.1. The summed E-state index contributed by atoms with van der Waals surface area (Å²) < 4.78 is 6.73. The van der Waals surface area contributed by atoms with E-state index in [-0.39, 0.29) is 12.1 Å². The van der Waals surface area contributed by atoms with Crippen molar-refractivity contribution in [2.45, 2.75) is 26.0 Å². The van der Waals surface area contributed by atoms with Crippen LogP contribution in [0.2, 0.25) is 5.02 Å². The molecule has 0 bridgehead atoms. The normalized spacial score (nSPS) is 12.5. The highest BCUT2D eigenvalue weighted by atomic mass is 127. The van der Waals surface area contributed by atoms with Crippen LogP contribution in [0.4, 0.5) is 0 Å². The van der Waals surface area contributed by atoms with Crippen LogP contribution in [0.15, 0.2) is 42.5 Å². The van der Waals surface area contributed by atoms with Crippen molar-refractivity contribution in [3.8, 4) is 5.75 Å². The van der Waals surface area contributed by atoms with Gasteiger partial charge in [0.1, 0.15) is 5.75 Å². The summed E-state index contributed by atoms with van der Waals surface area (Å²) in [5.74, 6) is 0.838. The first-order valence-electron chi connectivity index (χ1n) is 6.44. The molecular formula is C16H17ClINO. The summed E-state index contributed by atoms with van der Waals surface area (Å²) in [6.45, 7) is 4.01. The summed E-state index contributed by atoms with van der Waals surface area (Å²) in [6.07, 6.45) is 0.147. The van der Waals surface area contributed by atoms with E-state index in [0.29, 0.717) is 0 Å². The Hall–Kier alpha value is -0.780. The fraction of sp³-hybridized carbons (Fsp3) is 0.250. The van der Waals surface area contributed by atoms with E-state index in [2.05, 4.69) is 22.6 Å². The van der Waals surface area contributed by atoms with Crippen LogP contribution in [-0.2, 0) is 0 Å². The highest BCUT2D eigenvalue weighted by Crippen LogP contribution is 2.27. The Kier molecular flexibility index (Phi) is 5.29. The number of hydrogen-bond acceptors (Lipinski definition) is 2. The van der Waals surface area contributed by atoms with Gasteiger partial charge in [-0.3, -0.25) is 0 Å². The van der Waals surface area contributed by atoms with Gasteiger partial charge in [0, 0.05) is 3.57 Å². The Labute approximate surface area is 138 Å². The van der Waals surface area contributed by atoms with Crippen molar-refractivity contribution in [2.75, 3.05) is 0 Å². The molecule has 2 rings (SSSR count). The largest absolute Gasteiger partial charge is 0.491 e. The van der Waals surface area contributed by atoms with Gasteiger partial charge in [-0.15, -0.1) is 0 Å². The molecule has 0 heterocycles. The zero-order chi connectivity index (χ0) is 14.7. The highest BCUT2D eigenvalue weighted by Gasteiger charge is 2.11. The Morgan fingerprint density at radius 2 is 1.80 bits per heavy atom. The minimum Gasteiger partial charge on any atom is -0.491 e. The van der Waals surface area contributed by atoms with E-state index in [1.54, 1.807) is 0 Å². The van der Waals surface area contributed by atoms with Crippen molar-refractivity contribution in [1.29, 1.82) is 0 Å². The molecule has 0 aliphatic rings. The fourth-order valence-electron chi connectivity index (χ4n) is 1.95. The maximum Gasteiger partial charge on any atom is 0.120 e. The third-order valence-electron chi connectivity index (χ3n) is 2.89. The van der Waals surface area contributed by atoms with E-state index in [1.807, 2.05) is 56.3 Å². The maximum atomic E-state index is 6.32. The van der Waals surface area contributed by atoms with Crippen LogP contribution < -0.4 is 10.5 Å². The predicted molar refractivity (Wildman–Crippen MR) is 92.4 cm³/mol.